The molecular formula is C14H12BrClN2O. The first-order chi connectivity index (χ1) is 9.06. The molecule has 19 heavy (non-hydrogen) atoms. The fraction of sp³-hybridized carbons (Fsp3) is 0.0714. The topological polar surface area (TPSA) is 32.3 Å². The molecule has 5 heteroatoms. The van der Waals surface area contributed by atoms with Gasteiger partial charge in [0.2, 0.25) is 0 Å². The summed E-state index contributed by atoms with van der Waals surface area (Å²) >= 11 is 9.26. The summed E-state index contributed by atoms with van der Waals surface area (Å²) in [4.78, 5) is 13.6. The van der Waals surface area contributed by atoms with E-state index in [-0.39, 0.29) is 6.03 Å². The summed E-state index contributed by atoms with van der Waals surface area (Å²) in [5.74, 6) is 0. The Kier molecular flexibility index (Phi) is 4.45. The summed E-state index contributed by atoms with van der Waals surface area (Å²) in [7, 11) is 1.69. The maximum absolute atomic E-state index is 12.1. The number of urea groups is 1. The number of hydrogen-bond donors (Lipinski definition) is 1. The van der Waals surface area contributed by atoms with E-state index in [0.29, 0.717) is 5.02 Å². The number of nitrogens with zero attached hydrogens (tertiary/aromatic N) is 1. The zero-order valence-corrected chi connectivity index (χ0v) is 12.6. The van der Waals surface area contributed by atoms with E-state index < -0.39 is 0 Å². The highest BCUT2D eigenvalue weighted by Gasteiger charge is 2.11. The molecule has 2 amide bonds. The minimum Gasteiger partial charge on any atom is -0.308 e. The minimum atomic E-state index is -0.218. The van der Waals surface area contributed by atoms with Crippen molar-refractivity contribution < 1.29 is 4.79 Å². The predicted molar refractivity (Wildman–Crippen MR) is 83.0 cm³/mol. The summed E-state index contributed by atoms with van der Waals surface area (Å²) < 4.78 is 0.966. The fourth-order valence-corrected chi connectivity index (χ4v) is 1.99. The van der Waals surface area contributed by atoms with Gasteiger partial charge in [-0.1, -0.05) is 33.6 Å². The van der Waals surface area contributed by atoms with Crippen LogP contribution in [0.25, 0.3) is 0 Å². The second-order valence-corrected chi connectivity index (χ2v) is 5.33. The van der Waals surface area contributed by atoms with E-state index in [1.54, 1.807) is 25.2 Å². The second kappa shape index (κ2) is 6.08. The van der Waals surface area contributed by atoms with Crippen LogP contribution in [0.2, 0.25) is 5.02 Å². The number of carbonyl (C=O) groups excluding carboxylic acids is 1. The van der Waals surface area contributed by atoms with Gasteiger partial charge in [0.25, 0.3) is 0 Å². The quantitative estimate of drug-likeness (QED) is 0.839. The SMILES string of the molecule is CN(C(=O)Nc1ccc(Br)cc1)c1cccc(Cl)c1. The highest BCUT2D eigenvalue weighted by molar-refractivity contribution is 9.10. The number of carbonyl (C=O) groups is 1. The van der Waals surface area contributed by atoms with E-state index in [9.17, 15) is 4.79 Å². The molecule has 2 rings (SSSR count). The molecule has 1 N–H and O–H groups in total. The average molecular weight is 340 g/mol. The number of hydrogen-bond acceptors (Lipinski definition) is 1. The lowest BCUT2D eigenvalue weighted by molar-refractivity contribution is 0.258. The van der Waals surface area contributed by atoms with E-state index in [1.165, 1.54) is 4.90 Å². The van der Waals surface area contributed by atoms with Gasteiger partial charge < -0.3 is 5.32 Å². The number of benzene rings is 2. The smallest absolute Gasteiger partial charge is 0.308 e. The van der Waals surface area contributed by atoms with Gasteiger partial charge in [-0.2, -0.15) is 0 Å². The largest absolute Gasteiger partial charge is 0.326 e. The van der Waals surface area contributed by atoms with Gasteiger partial charge in [0, 0.05) is 27.9 Å². The zero-order valence-electron chi connectivity index (χ0n) is 10.2. The molecular weight excluding hydrogens is 328 g/mol. The summed E-state index contributed by atoms with van der Waals surface area (Å²) in [6.07, 6.45) is 0. The molecule has 98 valence electrons. The van der Waals surface area contributed by atoms with Crippen molar-refractivity contribution in [1.29, 1.82) is 0 Å². The van der Waals surface area contributed by atoms with E-state index in [4.69, 9.17) is 11.6 Å². The van der Waals surface area contributed by atoms with Crippen LogP contribution >= 0.6 is 27.5 Å². The lowest BCUT2D eigenvalue weighted by Crippen LogP contribution is -2.31. The zero-order chi connectivity index (χ0) is 13.8. The first-order valence-electron chi connectivity index (χ1n) is 5.62. The van der Waals surface area contributed by atoms with Crippen LogP contribution in [0.4, 0.5) is 16.2 Å². The third kappa shape index (κ3) is 3.72. The Bertz CT molecular complexity index is 586. The Labute approximate surface area is 125 Å². The monoisotopic (exact) mass is 338 g/mol. The Hall–Kier alpha value is -1.52. The van der Waals surface area contributed by atoms with E-state index in [2.05, 4.69) is 21.2 Å². The van der Waals surface area contributed by atoms with Crippen LogP contribution in [-0.4, -0.2) is 13.1 Å². The lowest BCUT2D eigenvalue weighted by Gasteiger charge is -2.18. The van der Waals surface area contributed by atoms with Gasteiger partial charge in [-0.05, 0) is 42.5 Å². The molecule has 0 atom stereocenters. The molecule has 0 spiro atoms. The van der Waals surface area contributed by atoms with Crippen molar-refractivity contribution in [1.82, 2.24) is 0 Å². The van der Waals surface area contributed by atoms with Gasteiger partial charge in [-0.15, -0.1) is 0 Å². The van der Waals surface area contributed by atoms with E-state index >= 15 is 0 Å². The number of halogens is 2. The van der Waals surface area contributed by atoms with Gasteiger partial charge in [-0.3, -0.25) is 4.90 Å². The van der Waals surface area contributed by atoms with Crippen molar-refractivity contribution in [3.8, 4) is 0 Å². The molecule has 2 aromatic rings. The molecule has 0 heterocycles. The van der Waals surface area contributed by atoms with Crippen molar-refractivity contribution in [3.63, 3.8) is 0 Å². The molecule has 2 aromatic carbocycles. The van der Waals surface area contributed by atoms with Crippen molar-refractivity contribution in [3.05, 3.63) is 58.0 Å². The number of amides is 2. The standard InChI is InChI=1S/C14H12BrClN2O/c1-18(13-4-2-3-11(16)9-13)14(19)17-12-7-5-10(15)6-8-12/h2-9H,1H3,(H,17,19). The highest BCUT2D eigenvalue weighted by atomic mass is 79.9. The van der Waals surface area contributed by atoms with Crippen molar-refractivity contribution in [2.45, 2.75) is 0 Å². The van der Waals surface area contributed by atoms with Crippen LogP contribution in [0.5, 0.6) is 0 Å². The van der Waals surface area contributed by atoms with Crippen molar-refractivity contribution in [2.24, 2.45) is 0 Å². The number of anilines is 2. The molecule has 0 unspecified atom stereocenters. The molecule has 0 bridgehead atoms. The molecule has 0 saturated heterocycles. The number of rotatable bonds is 2. The Balaban J connectivity index is 2.09. The Morgan fingerprint density at radius 3 is 2.53 bits per heavy atom. The first-order valence-corrected chi connectivity index (χ1v) is 6.79. The molecule has 0 radical (unpaired) electrons. The van der Waals surface area contributed by atoms with E-state index in [0.717, 1.165) is 15.8 Å². The van der Waals surface area contributed by atoms with Crippen LogP contribution in [0, 0.1) is 0 Å². The van der Waals surface area contributed by atoms with Crippen LogP contribution in [0.15, 0.2) is 53.0 Å². The van der Waals surface area contributed by atoms with Crippen molar-refractivity contribution >= 4 is 44.9 Å². The van der Waals surface area contributed by atoms with Crippen LogP contribution in [0.3, 0.4) is 0 Å². The fourth-order valence-electron chi connectivity index (χ4n) is 1.54. The molecule has 0 aliphatic carbocycles. The Morgan fingerprint density at radius 1 is 1.21 bits per heavy atom. The minimum absolute atomic E-state index is 0.218. The van der Waals surface area contributed by atoms with Gasteiger partial charge >= 0.3 is 6.03 Å². The third-order valence-electron chi connectivity index (χ3n) is 2.60. The maximum Gasteiger partial charge on any atom is 0.326 e. The first kappa shape index (κ1) is 13.9. The molecule has 0 aliphatic rings. The number of nitrogens with one attached hydrogen (secondary N) is 1. The van der Waals surface area contributed by atoms with Gasteiger partial charge in [0.05, 0.1) is 0 Å². The molecule has 0 aromatic heterocycles. The van der Waals surface area contributed by atoms with Crippen LogP contribution in [-0.2, 0) is 0 Å². The second-order valence-electron chi connectivity index (χ2n) is 3.98. The average Bonchev–Trinajstić information content (AvgIpc) is 2.40. The maximum atomic E-state index is 12.1. The summed E-state index contributed by atoms with van der Waals surface area (Å²) in [5.41, 5.74) is 1.48. The van der Waals surface area contributed by atoms with Crippen LogP contribution < -0.4 is 10.2 Å². The molecule has 0 fully saturated rings. The molecule has 0 aliphatic heterocycles. The van der Waals surface area contributed by atoms with Crippen LogP contribution in [0.1, 0.15) is 0 Å². The lowest BCUT2D eigenvalue weighted by atomic mass is 10.3. The van der Waals surface area contributed by atoms with Gasteiger partial charge in [0.15, 0.2) is 0 Å². The van der Waals surface area contributed by atoms with Gasteiger partial charge in [0.1, 0.15) is 0 Å². The highest BCUT2D eigenvalue weighted by Crippen LogP contribution is 2.20. The molecule has 3 nitrogen and oxygen atoms in total. The Morgan fingerprint density at radius 2 is 1.89 bits per heavy atom. The van der Waals surface area contributed by atoms with E-state index in [1.807, 2.05) is 30.3 Å². The predicted octanol–water partition coefficient (Wildman–Crippen LogP) is 4.77. The van der Waals surface area contributed by atoms with Crippen molar-refractivity contribution in [2.75, 3.05) is 17.3 Å². The summed E-state index contributed by atoms with van der Waals surface area (Å²) in [6, 6.07) is 14.3. The molecule has 0 saturated carbocycles. The van der Waals surface area contributed by atoms with Gasteiger partial charge in [-0.25, -0.2) is 4.79 Å². The summed E-state index contributed by atoms with van der Waals surface area (Å²) in [5, 5.41) is 3.41. The summed E-state index contributed by atoms with van der Waals surface area (Å²) in [6.45, 7) is 0. The normalized spacial score (nSPS) is 10.1. The third-order valence-corrected chi connectivity index (χ3v) is 3.36.